The number of nitrogens with one attached hydrogen (secondary N) is 1. The van der Waals surface area contributed by atoms with Crippen LogP contribution in [-0.2, 0) is 0 Å². The number of nitrogens with zero attached hydrogens (tertiary/aromatic N) is 1. The predicted octanol–water partition coefficient (Wildman–Crippen LogP) is 0.643. The maximum atomic E-state index is 9.25. The van der Waals surface area contributed by atoms with Gasteiger partial charge in [-0.2, -0.15) is 0 Å². The minimum absolute atomic E-state index is 0.386. The van der Waals surface area contributed by atoms with Gasteiger partial charge < -0.3 is 10.0 Å². The largest absolute Gasteiger partial charge is 0.379 e. The van der Waals surface area contributed by atoms with Crippen LogP contribution in [0, 0.1) is 5.92 Å². The van der Waals surface area contributed by atoms with Gasteiger partial charge in [-0.05, 0) is 33.2 Å². The summed E-state index contributed by atoms with van der Waals surface area (Å²) in [5.41, 5.74) is 0. The van der Waals surface area contributed by atoms with E-state index in [9.17, 15) is 5.11 Å². The molecule has 3 heteroatoms. The first kappa shape index (κ1) is 11.0. The average molecular weight is 186 g/mol. The molecule has 1 heterocycles. The second kappa shape index (κ2) is 4.40. The molecule has 0 radical (unpaired) electrons. The highest BCUT2D eigenvalue weighted by Gasteiger charge is 2.28. The molecule has 1 aliphatic rings. The van der Waals surface area contributed by atoms with Gasteiger partial charge in [-0.25, -0.2) is 0 Å². The zero-order valence-electron chi connectivity index (χ0n) is 9.12. The van der Waals surface area contributed by atoms with E-state index in [1.54, 1.807) is 6.92 Å². The SMILES string of the molecule is CC(O)NC1CC(C)N(C)CC1C. The van der Waals surface area contributed by atoms with E-state index >= 15 is 0 Å². The summed E-state index contributed by atoms with van der Waals surface area (Å²) in [5.74, 6) is 0.621. The average Bonchev–Trinajstić information content (AvgIpc) is 1.99. The summed E-state index contributed by atoms with van der Waals surface area (Å²) in [5, 5.41) is 12.5. The topological polar surface area (TPSA) is 35.5 Å². The third kappa shape index (κ3) is 2.93. The highest BCUT2D eigenvalue weighted by Crippen LogP contribution is 2.20. The minimum atomic E-state index is -0.386. The normalized spacial score (nSPS) is 39.0. The Bertz CT molecular complexity index is 161. The van der Waals surface area contributed by atoms with Crippen LogP contribution in [0.3, 0.4) is 0 Å². The molecule has 0 aromatic heterocycles. The second-order valence-corrected chi connectivity index (χ2v) is 4.45. The molecule has 1 aliphatic heterocycles. The lowest BCUT2D eigenvalue weighted by Gasteiger charge is -2.40. The molecule has 4 atom stereocenters. The molecule has 13 heavy (non-hydrogen) atoms. The Hall–Kier alpha value is -0.120. The van der Waals surface area contributed by atoms with Crippen LogP contribution in [0.1, 0.15) is 27.2 Å². The summed E-state index contributed by atoms with van der Waals surface area (Å²) in [7, 11) is 2.17. The van der Waals surface area contributed by atoms with E-state index in [1.165, 1.54) is 0 Å². The van der Waals surface area contributed by atoms with E-state index in [2.05, 4.69) is 31.1 Å². The van der Waals surface area contributed by atoms with E-state index in [0.717, 1.165) is 13.0 Å². The molecular formula is C10H22N2O. The monoisotopic (exact) mass is 186 g/mol. The molecule has 0 amide bonds. The maximum absolute atomic E-state index is 9.25. The molecule has 2 N–H and O–H groups in total. The van der Waals surface area contributed by atoms with Gasteiger partial charge in [0, 0.05) is 18.6 Å². The number of hydrogen-bond acceptors (Lipinski definition) is 3. The minimum Gasteiger partial charge on any atom is -0.379 e. The Balaban J connectivity index is 2.46. The second-order valence-electron chi connectivity index (χ2n) is 4.45. The van der Waals surface area contributed by atoms with Crippen molar-refractivity contribution in [3.8, 4) is 0 Å². The highest BCUT2D eigenvalue weighted by molar-refractivity contribution is 4.86. The Labute approximate surface area is 81.1 Å². The molecule has 0 saturated carbocycles. The smallest absolute Gasteiger partial charge is 0.102 e. The van der Waals surface area contributed by atoms with Crippen LogP contribution in [0.15, 0.2) is 0 Å². The molecule has 1 rings (SSSR count). The number of aliphatic hydroxyl groups excluding tert-OH is 1. The van der Waals surface area contributed by atoms with Gasteiger partial charge in [0.15, 0.2) is 0 Å². The zero-order chi connectivity index (χ0) is 10.0. The fourth-order valence-corrected chi connectivity index (χ4v) is 2.08. The van der Waals surface area contributed by atoms with Crippen LogP contribution in [0.25, 0.3) is 0 Å². The van der Waals surface area contributed by atoms with Crippen molar-refractivity contribution in [3.05, 3.63) is 0 Å². The summed E-state index contributed by atoms with van der Waals surface area (Å²) in [4.78, 5) is 2.38. The molecule has 4 unspecified atom stereocenters. The molecule has 0 aliphatic carbocycles. The van der Waals surface area contributed by atoms with Gasteiger partial charge in [-0.1, -0.05) is 6.92 Å². The molecule has 0 spiro atoms. The maximum Gasteiger partial charge on any atom is 0.102 e. The molecule has 1 saturated heterocycles. The van der Waals surface area contributed by atoms with Gasteiger partial charge in [0.1, 0.15) is 6.23 Å². The van der Waals surface area contributed by atoms with Crippen molar-refractivity contribution >= 4 is 0 Å². The van der Waals surface area contributed by atoms with E-state index in [-0.39, 0.29) is 6.23 Å². The third-order valence-electron chi connectivity index (χ3n) is 3.07. The molecular weight excluding hydrogens is 164 g/mol. The van der Waals surface area contributed by atoms with Crippen LogP contribution in [-0.4, -0.2) is 41.9 Å². The van der Waals surface area contributed by atoms with Crippen molar-refractivity contribution in [2.75, 3.05) is 13.6 Å². The number of aliphatic hydroxyl groups is 1. The Morgan fingerprint density at radius 1 is 1.46 bits per heavy atom. The molecule has 78 valence electrons. The third-order valence-corrected chi connectivity index (χ3v) is 3.07. The number of likely N-dealkylation sites (tertiary alicyclic amines) is 1. The standard InChI is InChI=1S/C10H22N2O/c1-7-6-12(4)8(2)5-10(7)11-9(3)13/h7-11,13H,5-6H2,1-4H3. The zero-order valence-corrected chi connectivity index (χ0v) is 9.12. The Kier molecular flexibility index (Phi) is 3.71. The number of piperidine rings is 1. The van der Waals surface area contributed by atoms with Crippen molar-refractivity contribution in [3.63, 3.8) is 0 Å². The molecule has 0 aromatic carbocycles. The van der Waals surface area contributed by atoms with E-state index < -0.39 is 0 Å². The first-order chi connectivity index (χ1) is 6.00. The first-order valence-electron chi connectivity index (χ1n) is 5.15. The highest BCUT2D eigenvalue weighted by atomic mass is 16.3. The van der Waals surface area contributed by atoms with Crippen molar-refractivity contribution < 1.29 is 5.11 Å². The van der Waals surface area contributed by atoms with E-state index in [0.29, 0.717) is 18.0 Å². The summed E-state index contributed by atoms with van der Waals surface area (Å²) >= 11 is 0. The van der Waals surface area contributed by atoms with Crippen molar-refractivity contribution in [1.29, 1.82) is 0 Å². The predicted molar refractivity (Wildman–Crippen MR) is 54.5 cm³/mol. The van der Waals surface area contributed by atoms with Crippen LogP contribution in [0.2, 0.25) is 0 Å². The lowest BCUT2D eigenvalue weighted by atomic mass is 9.90. The Morgan fingerprint density at radius 3 is 2.62 bits per heavy atom. The first-order valence-corrected chi connectivity index (χ1v) is 5.15. The fourth-order valence-electron chi connectivity index (χ4n) is 2.08. The summed E-state index contributed by atoms with van der Waals surface area (Å²) in [6.45, 7) is 7.38. The van der Waals surface area contributed by atoms with Gasteiger partial charge >= 0.3 is 0 Å². The van der Waals surface area contributed by atoms with Crippen LogP contribution in [0.4, 0.5) is 0 Å². The summed E-state index contributed by atoms with van der Waals surface area (Å²) in [6.07, 6.45) is 0.741. The van der Waals surface area contributed by atoms with E-state index in [4.69, 9.17) is 0 Å². The fraction of sp³-hybridized carbons (Fsp3) is 1.00. The molecule has 3 nitrogen and oxygen atoms in total. The van der Waals surface area contributed by atoms with Crippen LogP contribution in [0.5, 0.6) is 0 Å². The van der Waals surface area contributed by atoms with Gasteiger partial charge in [-0.15, -0.1) is 0 Å². The molecule has 1 fully saturated rings. The number of rotatable bonds is 2. The Morgan fingerprint density at radius 2 is 2.08 bits per heavy atom. The molecule has 0 bridgehead atoms. The van der Waals surface area contributed by atoms with Gasteiger partial charge in [-0.3, -0.25) is 5.32 Å². The lowest BCUT2D eigenvalue weighted by molar-refractivity contribution is 0.0719. The van der Waals surface area contributed by atoms with Crippen molar-refractivity contribution in [2.45, 2.75) is 45.5 Å². The van der Waals surface area contributed by atoms with Crippen molar-refractivity contribution in [1.82, 2.24) is 10.2 Å². The van der Waals surface area contributed by atoms with Crippen molar-refractivity contribution in [2.24, 2.45) is 5.92 Å². The van der Waals surface area contributed by atoms with Gasteiger partial charge in [0.05, 0.1) is 0 Å². The number of hydrogen-bond donors (Lipinski definition) is 2. The molecule has 0 aromatic rings. The quantitative estimate of drug-likeness (QED) is 0.621. The van der Waals surface area contributed by atoms with Crippen LogP contribution < -0.4 is 5.32 Å². The van der Waals surface area contributed by atoms with Gasteiger partial charge in [0.2, 0.25) is 0 Å². The van der Waals surface area contributed by atoms with Crippen LogP contribution >= 0.6 is 0 Å². The van der Waals surface area contributed by atoms with E-state index in [1.807, 2.05) is 0 Å². The summed E-state index contributed by atoms with van der Waals surface area (Å²) in [6, 6.07) is 1.08. The lowest BCUT2D eigenvalue weighted by Crippen LogP contribution is -2.52. The van der Waals surface area contributed by atoms with Gasteiger partial charge in [0.25, 0.3) is 0 Å². The summed E-state index contributed by atoms with van der Waals surface area (Å²) < 4.78 is 0.